The van der Waals surface area contributed by atoms with Crippen LogP contribution in [0.4, 0.5) is 11.4 Å². The maximum absolute atomic E-state index is 14.0. The highest BCUT2D eigenvalue weighted by molar-refractivity contribution is 6.24. The minimum atomic E-state index is -1.01. The number of amides is 2. The van der Waals surface area contributed by atoms with Gasteiger partial charge in [-0.15, -0.1) is 0 Å². The van der Waals surface area contributed by atoms with Gasteiger partial charge in [-0.1, -0.05) is 31.5 Å². The molecule has 0 bridgehead atoms. The smallest absolute Gasteiger partial charge is 0.266 e. The van der Waals surface area contributed by atoms with Gasteiger partial charge in [0.15, 0.2) is 17.6 Å². The summed E-state index contributed by atoms with van der Waals surface area (Å²) < 4.78 is 22.5. The summed E-state index contributed by atoms with van der Waals surface area (Å²) in [7, 11) is 4.63. The fourth-order valence-electron chi connectivity index (χ4n) is 5.09. The predicted octanol–water partition coefficient (Wildman–Crippen LogP) is 4.94. The highest BCUT2D eigenvalue weighted by atomic mass is 16.7. The molecular formula is C30H32N2O7. The van der Waals surface area contributed by atoms with Crippen LogP contribution in [0.2, 0.25) is 0 Å². The van der Waals surface area contributed by atoms with Gasteiger partial charge in [0.25, 0.3) is 5.91 Å². The average Bonchev–Trinajstić information content (AvgIpc) is 3.48. The largest absolute Gasteiger partial charge is 0.496 e. The lowest BCUT2D eigenvalue weighted by Gasteiger charge is -2.30. The molecule has 3 aromatic rings. The second-order valence-corrected chi connectivity index (χ2v) is 9.31. The van der Waals surface area contributed by atoms with Crippen LogP contribution in [0.5, 0.6) is 23.0 Å². The van der Waals surface area contributed by atoms with Crippen molar-refractivity contribution in [2.45, 2.75) is 31.9 Å². The van der Waals surface area contributed by atoms with E-state index in [-0.39, 0.29) is 5.91 Å². The predicted molar refractivity (Wildman–Crippen MR) is 145 cm³/mol. The number of hydrogen-bond acceptors (Lipinski definition) is 8. The Bertz CT molecular complexity index is 1330. The Morgan fingerprint density at radius 2 is 1.46 bits per heavy atom. The molecule has 2 aliphatic heterocycles. The molecule has 204 valence electrons. The highest BCUT2D eigenvalue weighted by Crippen LogP contribution is 2.51. The fraction of sp³-hybridized carbons (Fsp3) is 0.333. The third-order valence-electron chi connectivity index (χ3n) is 7.04. The number of ether oxygens (including phenoxy) is 4. The summed E-state index contributed by atoms with van der Waals surface area (Å²) in [5, 5.41) is 1.62. The molecule has 0 aromatic heterocycles. The maximum atomic E-state index is 14.0. The minimum absolute atomic E-state index is 0.357. The van der Waals surface area contributed by atoms with Crippen molar-refractivity contribution in [3.8, 4) is 23.0 Å². The van der Waals surface area contributed by atoms with Crippen LogP contribution >= 0.6 is 0 Å². The van der Waals surface area contributed by atoms with Crippen molar-refractivity contribution in [2.24, 2.45) is 5.92 Å². The van der Waals surface area contributed by atoms with E-state index in [9.17, 15) is 9.59 Å². The topological polar surface area (TPSA) is 86.8 Å². The van der Waals surface area contributed by atoms with E-state index in [1.807, 2.05) is 30.3 Å². The molecule has 0 N–H and O–H groups in total. The molecule has 0 spiro atoms. The fourth-order valence-corrected chi connectivity index (χ4v) is 5.09. The zero-order chi connectivity index (χ0) is 27.5. The first-order valence-corrected chi connectivity index (χ1v) is 12.9. The number of methoxy groups -OCH3 is 3. The summed E-state index contributed by atoms with van der Waals surface area (Å²) in [6.45, 7) is 2.71. The van der Waals surface area contributed by atoms with E-state index in [4.69, 9.17) is 23.8 Å². The summed E-state index contributed by atoms with van der Waals surface area (Å²) in [6, 6.07) is 19.1. The van der Waals surface area contributed by atoms with Crippen LogP contribution in [0.3, 0.4) is 0 Å². The van der Waals surface area contributed by atoms with Crippen molar-refractivity contribution >= 4 is 23.2 Å². The number of anilines is 2. The summed E-state index contributed by atoms with van der Waals surface area (Å²) in [5.74, 6) is 0.511. The van der Waals surface area contributed by atoms with Crippen molar-refractivity contribution in [1.82, 2.24) is 0 Å². The summed E-state index contributed by atoms with van der Waals surface area (Å²) in [4.78, 5) is 35.1. The molecule has 9 heteroatoms. The van der Waals surface area contributed by atoms with Crippen LogP contribution in [0.1, 0.15) is 31.4 Å². The van der Waals surface area contributed by atoms with Gasteiger partial charge in [0, 0.05) is 11.6 Å². The normalized spacial score (nSPS) is 20.3. The van der Waals surface area contributed by atoms with Crippen LogP contribution in [0.25, 0.3) is 0 Å². The zero-order valence-corrected chi connectivity index (χ0v) is 22.5. The Labute approximate surface area is 227 Å². The lowest BCUT2D eigenvalue weighted by Crippen LogP contribution is -2.37. The number of nitrogens with zero attached hydrogens (tertiary/aromatic N) is 2. The highest BCUT2D eigenvalue weighted by Gasteiger charge is 2.61. The molecule has 2 heterocycles. The maximum Gasteiger partial charge on any atom is 0.266 e. The van der Waals surface area contributed by atoms with E-state index < -0.39 is 24.0 Å². The Hall–Kier alpha value is -4.24. The molecule has 0 unspecified atom stereocenters. The van der Waals surface area contributed by atoms with Crippen molar-refractivity contribution in [2.75, 3.05) is 37.9 Å². The number of hydroxylamine groups is 1. The van der Waals surface area contributed by atoms with Gasteiger partial charge in [0.2, 0.25) is 5.91 Å². The van der Waals surface area contributed by atoms with Gasteiger partial charge in [-0.3, -0.25) is 14.4 Å². The van der Waals surface area contributed by atoms with E-state index in [2.05, 4.69) is 6.92 Å². The lowest BCUT2D eigenvalue weighted by atomic mass is 9.89. The lowest BCUT2D eigenvalue weighted by molar-refractivity contribution is -0.126. The van der Waals surface area contributed by atoms with Crippen molar-refractivity contribution < 1.29 is 33.4 Å². The third-order valence-corrected chi connectivity index (χ3v) is 7.04. The Balaban J connectivity index is 1.54. The summed E-state index contributed by atoms with van der Waals surface area (Å²) >= 11 is 0. The first kappa shape index (κ1) is 26.4. The van der Waals surface area contributed by atoms with E-state index in [0.717, 1.165) is 12.8 Å². The molecule has 9 nitrogen and oxygen atoms in total. The standard InChI is InChI=1S/C30H32N2O7/c1-5-6-16-38-21-14-12-19(13-15-21)31-29(33)26-27(22-17-24(36-3)25(37-4)18-23(22)35-2)32(39-28(26)30(31)34)20-10-8-7-9-11-20/h7-15,17-18,26-28H,5-6,16H2,1-4H3/t26-,27+,28+/m0/s1. The number of unbranched alkanes of at least 4 members (excludes halogenated alkanes) is 1. The molecular weight excluding hydrogens is 500 g/mol. The molecule has 2 saturated heterocycles. The van der Waals surface area contributed by atoms with E-state index in [1.165, 1.54) is 4.90 Å². The molecule has 3 aromatic carbocycles. The van der Waals surface area contributed by atoms with Crippen LogP contribution < -0.4 is 28.9 Å². The van der Waals surface area contributed by atoms with Crippen molar-refractivity contribution in [3.05, 3.63) is 72.3 Å². The Morgan fingerprint density at radius 3 is 2.10 bits per heavy atom. The van der Waals surface area contributed by atoms with Crippen molar-refractivity contribution in [3.63, 3.8) is 0 Å². The van der Waals surface area contributed by atoms with Gasteiger partial charge >= 0.3 is 0 Å². The minimum Gasteiger partial charge on any atom is -0.496 e. The summed E-state index contributed by atoms with van der Waals surface area (Å²) in [5.41, 5.74) is 1.80. The molecule has 5 rings (SSSR count). The van der Waals surface area contributed by atoms with Gasteiger partial charge in [-0.2, -0.15) is 0 Å². The first-order chi connectivity index (χ1) is 19.0. The van der Waals surface area contributed by atoms with Gasteiger partial charge in [-0.05, 0) is 48.9 Å². The molecule has 39 heavy (non-hydrogen) atoms. The SMILES string of the molecule is CCCCOc1ccc(N2C(=O)[C@H]3[C@@H](c4cc(OC)c(OC)cc4OC)N(c4ccccc4)O[C@H]3C2=O)cc1. The Morgan fingerprint density at radius 1 is 0.795 bits per heavy atom. The molecule has 0 saturated carbocycles. The number of carbonyl (C=O) groups excluding carboxylic acids is 2. The first-order valence-electron chi connectivity index (χ1n) is 12.9. The number of benzene rings is 3. The van der Waals surface area contributed by atoms with Gasteiger partial charge in [0.1, 0.15) is 23.5 Å². The number of imide groups is 1. The molecule has 3 atom stereocenters. The molecule has 0 radical (unpaired) electrons. The zero-order valence-electron chi connectivity index (χ0n) is 22.5. The number of fused-ring (bicyclic) bond motifs is 1. The average molecular weight is 533 g/mol. The van der Waals surface area contributed by atoms with Gasteiger partial charge in [-0.25, -0.2) is 9.96 Å². The van der Waals surface area contributed by atoms with Crippen LogP contribution in [-0.2, 0) is 14.4 Å². The summed E-state index contributed by atoms with van der Waals surface area (Å²) in [6.07, 6.45) is 0.967. The number of carbonyl (C=O) groups is 2. The third kappa shape index (κ3) is 4.74. The second kappa shape index (κ2) is 11.2. The molecule has 0 aliphatic carbocycles. The molecule has 2 amide bonds. The van der Waals surface area contributed by atoms with Gasteiger partial charge in [0.05, 0.1) is 39.3 Å². The van der Waals surface area contributed by atoms with Crippen LogP contribution in [0, 0.1) is 5.92 Å². The number of rotatable bonds is 10. The number of hydrogen-bond donors (Lipinski definition) is 0. The van der Waals surface area contributed by atoms with E-state index in [1.54, 1.807) is 62.8 Å². The van der Waals surface area contributed by atoms with E-state index >= 15 is 0 Å². The van der Waals surface area contributed by atoms with Crippen LogP contribution in [-0.4, -0.2) is 45.9 Å². The van der Waals surface area contributed by atoms with Crippen molar-refractivity contribution in [1.29, 1.82) is 0 Å². The van der Waals surface area contributed by atoms with Gasteiger partial charge < -0.3 is 18.9 Å². The second-order valence-electron chi connectivity index (χ2n) is 9.31. The molecule has 2 aliphatic rings. The van der Waals surface area contributed by atoms with E-state index in [0.29, 0.717) is 46.5 Å². The Kier molecular flexibility index (Phi) is 7.60. The monoisotopic (exact) mass is 532 g/mol. The quantitative estimate of drug-likeness (QED) is 0.268. The number of para-hydroxylation sites is 1. The van der Waals surface area contributed by atoms with Crippen LogP contribution in [0.15, 0.2) is 66.7 Å². The molecule has 2 fully saturated rings.